The van der Waals surface area contributed by atoms with Gasteiger partial charge in [-0.05, 0) is 12.1 Å². The Bertz CT molecular complexity index is 816. The van der Waals surface area contributed by atoms with Crippen molar-refractivity contribution >= 4 is 16.9 Å². The second kappa shape index (κ2) is 4.92. The van der Waals surface area contributed by atoms with E-state index < -0.39 is 5.69 Å². The van der Waals surface area contributed by atoms with Crippen molar-refractivity contribution in [2.75, 3.05) is 0 Å². The number of carbonyl (C=O) groups is 1. The molecule has 0 aliphatic carbocycles. The summed E-state index contributed by atoms with van der Waals surface area (Å²) in [6, 6.07) is 5.19. The van der Waals surface area contributed by atoms with Crippen molar-refractivity contribution in [3.63, 3.8) is 0 Å². The van der Waals surface area contributed by atoms with Gasteiger partial charge in [0.15, 0.2) is 0 Å². The number of amides is 1. The molecule has 8 heteroatoms. The van der Waals surface area contributed by atoms with Crippen LogP contribution in [0.4, 0.5) is 0 Å². The summed E-state index contributed by atoms with van der Waals surface area (Å²) < 4.78 is 0. The van der Waals surface area contributed by atoms with E-state index in [0.29, 0.717) is 22.4 Å². The highest BCUT2D eigenvalue weighted by Crippen LogP contribution is 2.13. The van der Waals surface area contributed by atoms with Gasteiger partial charge in [0.1, 0.15) is 11.3 Å². The van der Waals surface area contributed by atoms with Crippen LogP contribution in [-0.4, -0.2) is 31.1 Å². The zero-order valence-corrected chi connectivity index (χ0v) is 10.3. The Hall–Kier alpha value is -3.03. The summed E-state index contributed by atoms with van der Waals surface area (Å²) in [5, 5.41) is 8.60. The molecule has 0 aliphatic rings. The molecule has 0 saturated carbocycles. The fourth-order valence-corrected chi connectivity index (χ4v) is 1.82. The molecular formula is C12H10N6O2. The van der Waals surface area contributed by atoms with Gasteiger partial charge in [-0.25, -0.2) is 9.89 Å². The highest BCUT2D eigenvalue weighted by atomic mass is 16.2. The molecular weight excluding hydrogens is 260 g/mol. The minimum absolute atomic E-state index is 0.119. The number of aromatic amines is 2. The summed E-state index contributed by atoms with van der Waals surface area (Å²) in [7, 11) is 0. The van der Waals surface area contributed by atoms with Crippen molar-refractivity contribution in [1.82, 2.24) is 30.5 Å². The van der Waals surface area contributed by atoms with E-state index in [1.165, 1.54) is 6.20 Å². The second-order valence-electron chi connectivity index (χ2n) is 4.04. The first kappa shape index (κ1) is 12.0. The molecule has 0 spiro atoms. The number of benzene rings is 1. The molecule has 8 nitrogen and oxygen atoms in total. The summed E-state index contributed by atoms with van der Waals surface area (Å²) in [6.07, 6.45) is 3.10. The van der Waals surface area contributed by atoms with Gasteiger partial charge in [0.2, 0.25) is 0 Å². The molecule has 0 radical (unpaired) electrons. The van der Waals surface area contributed by atoms with Gasteiger partial charge in [-0.2, -0.15) is 5.10 Å². The summed E-state index contributed by atoms with van der Waals surface area (Å²) in [4.78, 5) is 33.8. The van der Waals surface area contributed by atoms with Crippen LogP contribution in [0.15, 0.2) is 35.4 Å². The highest BCUT2D eigenvalue weighted by molar-refractivity contribution is 6.04. The molecule has 0 saturated heterocycles. The van der Waals surface area contributed by atoms with E-state index in [-0.39, 0.29) is 12.5 Å². The fourth-order valence-electron chi connectivity index (χ4n) is 1.82. The Morgan fingerprint density at radius 1 is 1.25 bits per heavy atom. The molecule has 1 aromatic carbocycles. The van der Waals surface area contributed by atoms with Gasteiger partial charge in [0.05, 0.1) is 17.6 Å². The van der Waals surface area contributed by atoms with Gasteiger partial charge in [0, 0.05) is 12.4 Å². The van der Waals surface area contributed by atoms with Gasteiger partial charge in [-0.15, -0.1) is 0 Å². The van der Waals surface area contributed by atoms with Crippen molar-refractivity contribution in [3.8, 4) is 0 Å². The van der Waals surface area contributed by atoms with Crippen LogP contribution in [0.25, 0.3) is 11.0 Å². The minimum Gasteiger partial charge on any atom is -0.345 e. The van der Waals surface area contributed by atoms with E-state index >= 15 is 0 Å². The molecule has 0 aliphatic heterocycles. The van der Waals surface area contributed by atoms with Crippen molar-refractivity contribution < 1.29 is 4.79 Å². The normalized spacial score (nSPS) is 10.6. The Kier molecular flexibility index (Phi) is 2.96. The third-order valence-electron chi connectivity index (χ3n) is 2.71. The van der Waals surface area contributed by atoms with Gasteiger partial charge < -0.3 is 5.32 Å². The summed E-state index contributed by atoms with van der Waals surface area (Å²) in [5.74, 6) is 0.0506. The molecule has 100 valence electrons. The molecule has 3 rings (SSSR count). The van der Waals surface area contributed by atoms with E-state index in [0.717, 1.165) is 0 Å². The molecule has 20 heavy (non-hydrogen) atoms. The number of fused-ring (bicyclic) bond motifs is 1. The number of rotatable bonds is 3. The van der Waals surface area contributed by atoms with E-state index in [2.05, 4.69) is 30.5 Å². The number of hydrogen-bond donors (Lipinski definition) is 3. The first-order valence-corrected chi connectivity index (χ1v) is 5.85. The number of H-pyrrole nitrogens is 2. The number of hydrogen-bond acceptors (Lipinski definition) is 5. The molecule has 0 fully saturated rings. The van der Waals surface area contributed by atoms with Crippen LogP contribution in [0.3, 0.4) is 0 Å². The van der Waals surface area contributed by atoms with Crippen molar-refractivity contribution in [2.45, 2.75) is 6.54 Å². The molecule has 1 amide bonds. The van der Waals surface area contributed by atoms with Gasteiger partial charge >= 0.3 is 5.69 Å². The van der Waals surface area contributed by atoms with Crippen LogP contribution in [0, 0.1) is 0 Å². The number of carbonyl (C=O) groups excluding carboxylic acids is 1. The fraction of sp³-hybridized carbons (Fsp3) is 0.0833. The average molecular weight is 270 g/mol. The molecule has 3 aromatic rings. The lowest BCUT2D eigenvalue weighted by atomic mass is 10.1. The second-order valence-corrected chi connectivity index (χ2v) is 4.04. The topological polar surface area (TPSA) is 116 Å². The summed E-state index contributed by atoms with van der Waals surface area (Å²) in [6.45, 7) is 0.119. The van der Waals surface area contributed by atoms with Gasteiger partial charge in [0.25, 0.3) is 5.91 Å². The van der Waals surface area contributed by atoms with Crippen molar-refractivity contribution in [1.29, 1.82) is 0 Å². The van der Waals surface area contributed by atoms with E-state index in [1.807, 2.05) is 0 Å². The predicted molar refractivity (Wildman–Crippen MR) is 69.9 cm³/mol. The third kappa shape index (κ3) is 2.26. The van der Waals surface area contributed by atoms with Crippen molar-refractivity contribution in [3.05, 3.63) is 52.5 Å². The average Bonchev–Trinajstić information content (AvgIpc) is 2.90. The number of nitrogens with zero attached hydrogens (tertiary/aromatic N) is 3. The summed E-state index contributed by atoms with van der Waals surface area (Å²) in [5.41, 5.74) is 1.19. The Morgan fingerprint density at radius 2 is 2.10 bits per heavy atom. The lowest BCUT2D eigenvalue weighted by Gasteiger charge is -2.05. The highest BCUT2D eigenvalue weighted by Gasteiger charge is 2.11. The standard InChI is InChI=1S/C12H10N6O2/c19-11(15-6-9-16-12(20)18-17-9)7-2-1-3-8-10(7)14-5-4-13-8/h1-5H,6H2,(H,15,19)(H2,16,17,18,20). The maximum Gasteiger partial charge on any atom is 0.340 e. The van der Waals surface area contributed by atoms with Crippen LogP contribution < -0.4 is 11.0 Å². The third-order valence-corrected chi connectivity index (χ3v) is 2.71. The van der Waals surface area contributed by atoms with E-state index in [4.69, 9.17) is 0 Å². The van der Waals surface area contributed by atoms with E-state index in [9.17, 15) is 9.59 Å². The SMILES string of the molecule is O=C(NCc1n[nH]c(=O)[nH]1)c1cccc2nccnc12. The van der Waals surface area contributed by atoms with Crippen LogP contribution in [-0.2, 0) is 6.54 Å². The maximum absolute atomic E-state index is 12.1. The Balaban J connectivity index is 1.84. The maximum atomic E-state index is 12.1. The molecule has 2 aromatic heterocycles. The first-order valence-electron chi connectivity index (χ1n) is 5.85. The number of nitrogens with one attached hydrogen (secondary N) is 3. The van der Waals surface area contributed by atoms with E-state index in [1.54, 1.807) is 24.4 Å². The van der Waals surface area contributed by atoms with Gasteiger partial charge in [-0.1, -0.05) is 6.07 Å². The lowest BCUT2D eigenvalue weighted by Crippen LogP contribution is -2.24. The van der Waals surface area contributed by atoms with Crippen LogP contribution in [0.1, 0.15) is 16.2 Å². The van der Waals surface area contributed by atoms with Crippen LogP contribution in [0.5, 0.6) is 0 Å². The number of aromatic nitrogens is 5. The molecule has 0 bridgehead atoms. The zero-order chi connectivity index (χ0) is 13.9. The number of para-hydroxylation sites is 1. The first-order chi connectivity index (χ1) is 9.74. The lowest BCUT2D eigenvalue weighted by molar-refractivity contribution is 0.0951. The quantitative estimate of drug-likeness (QED) is 0.618. The van der Waals surface area contributed by atoms with Gasteiger partial charge in [-0.3, -0.25) is 19.7 Å². The van der Waals surface area contributed by atoms with Crippen LogP contribution >= 0.6 is 0 Å². The predicted octanol–water partition coefficient (Wildman–Crippen LogP) is -0.0288. The minimum atomic E-state index is -0.412. The smallest absolute Gasteiger partial charge is 0.340 e. The zero-order valence-electron chi connectivity index (χ0n) is 10.3. The molecule has 0 atom stereocenters. The van der Waals surface area contributed by atoms with Crippen LogP contribution in [0.2, 0.25) is 0 Å². The largest absolute Gasteiger partial charge is 0.345 e. The molecule has 3 N–H and O–H groups in total. The summed E-state index contributed by atoms with van der Waals surface area (Å²) >= 11 is 0. The van der Waals surface area contributed by atoms with Crippen molar-refractivity contribution in [2.24, 2.45) is 0 Å². The molecule has 2 heterocycles. The molecule has 0 unspecified atom stereocenters. The Morgan fingerprint density at radius 3 is 2.90 bits per heavy atom. The monoisotopic (exact) mass is 270 g/mol. The Labute approximate surface area is 112 Å².